The first-order chi connectivity index (χ1) is 7.09. The Balaban J connectivity index is 2.38. The van der Waals surface area contributed by atoms with Crippen LogP contribution in [0.2, 0.25) is 0 Å². The van der Waals surface area contributed by atoms with Crippen molar-refractivity contribution in [2.75, 3.05) is 0 Å². The lowest BCUT2D eigenvalue weighted by molar-refractivity contribution is 0.199. The van der Waals surface area contributed by atoms with Crippen molar-refractivity contribution < 1.29 is 5.11 Å². The molecule has 0 saturated carbocycles. The Morgan fingerprint density at radius 2 is 2.00 bits per heavy atom. The van der Waals surface area contributed by atoms with E-state index in [9.17, 15) is 5.11 Å². The fourth-order valence-corrected chi connectivity index (χ4v) is 2.61. The van der Waals surface area contributed by atoms with Crippen LogP contribution in [-0.4, -0.2) is 5.11 Å². The molecule has 1 aromatic carbocycles. The Morgan fingerprint density at radius 1 is 1.27 bits per heavy atom. The molecule has 0 bridgehead atoms. The summed E-state index contributed by atoms with van der Waals surface area (Å²) in [6.07, 6.45) is 2.14. The second-order valence-corrected chi connectivity index (χ2v) is 5.02. The number of aryl methyl sites for hydroxylation is 1. The molecule has 82 valence electrons. The number of aliphatic hydroxyl groups excluding tert-OH is 1. The van der Waals surface area contributed by atoms with Crippen molar-refractivity contribution in [1.82, 2.24) is 0 Å². The van der Waals surface area contributed by atoms with Crippen molar-refractivity contribution in [1.29, 1.82) is 0 Å². The van der Waals surface area contributed by atoms with E-state index in [1.807, 2.05) is 6.92 Å². The standard InChI is InChI=1S/C14H20O/c1-9(2)13-7-6-11-4-5-12(10(3)15)8-14(11)13/h4-5,8-10,13,15H,6-7H2,1-3H3/t10?,13-/m0/s1. The summed E-state index contributed by atoms with van der Waals surface area (Å²) in [6, 6.07) is 6.46. The molecule has 2 atom stereocenters. The van der Waals surface area contributed by atoms with Crippen molar-refractivity contribution in [2.24, 2.45) is 5.92 Å². The van der Waals surface area contributed by atoms with E-state index in [0.29, 0.717) is 11.8 Å². The Morgan fingerprint density at radius 3 is 2.60 bits per heavy atom. The highest BCUT2D eigenvalue weighted by Gasteiger charge is 2.25. The van der Waals surface area contributed by atoms with Gasteiger partial charge in [-0.15, -0.1) is 0 Å². The summed E-state index contributed by atoms with van der Waals surface area (Å²) in [5, 5.41) is 9.58. The highest BCUT2D eigenvalue weighted by molar-refractivity contribution is 5.39. The molecule has 0 aromatic heterocycles. The van der Waals surface area contributed by atoms with Crippen LogP contribution >= 0.6 is 0 Å². The average molecular weight is 204 g/mol. The van der Waals surface area contributed by atoms with Crippen LogP contribution in [0, 0.1) is 5.92 Å². The van der Waals surface area contributed by atoms with E-state index in [1.165, 1.54) is 24.0 Å². The van der Waals surface area contributed by atoms with Crippen LogP contribution in [0.4, 0.5) is 0 Å². The summed E-state index contributed by atoms with van der Waals surface area (Å²) in [6.45, 7) is 6.41. The van der Waals surface area contributed by atoms with Crippen LogP contribution in [0.1, 0.15) is 55.9 Å². The molecular weight excluding hydrogens is 184 g/mol. The van der Waals surface area contributed by atoms with E-state index >= 15 is 0 Å². The van der Waals surface area contributed by atoms with Gasteiger partial charge in [-0.05, 0) is 48.3 Å². The first-order valence-electron chi connectivity index (χ1n) is 5.90. The number of fused-ring (bicyclic) bond motifs is 1. The zero-order valence-corrected chi connectivity index (χ0v) is 9.83. The predicted molar refractivity (Wildman–Crippen MR) is 63.0 cm³/mol. The van der Waals surface area contributed by atoms with E-state index < -0.39 is 0 Å². The molecule has 1 N–H and O–H groups in total. The molecular formula is C14H20O. The van der Waals surface area contributed by atoms with Crippen LogP contribution in [0.25, 0.3) is 0 Å². The fraction of sp³-hybridized carbons (Fsp3) is 0.571. The lowest BCUT2D eigenvalue weighted by Gasteiger charge is -2.17. The third-order valence-electron chi connectivity index (χ3n) is 3.58. The Labute approximate surface area is 92.1 Å². The number of hydrogen-bond acceptors (Lipinski definition) is 1. The second-order valence-electron chi connectivity index (χ2n) is 5.02. The molecule has 1 aromatic rings. The van der Waals surface area contributed by atoms with E-state index in [1.54, 1.807) is 0 Å². The smallest absolute Gasteiger partial charge is 0.0762 e. The summed E-state index contributed by atoms with van der Waals surface area (Å²) in [5.74, 6) is 1.40. The van der Waals surface area contributed by atoms with Crippen LogP contribution in [0.3, 0.4) is 0 Å². The maximum absolute atomic E-state index is 9.58. The molecule has 0 aliphatic heterocycles. The molecule has 1 aliphatic carbocycles. The van der Waals surface area contributed by atoms with Crippen molar-refractivity contribution >= 4 is 0 Å². The summed E-state index contributed by atoms with van der Waals surface area (Å²) in [4.78, 5) is 0. The molecule has 1 heteroatoms. The highest BCUT2D eigenvalue weighted by Crippen LogP contribution is 2.39. The van der Waals surface area contributed by atoms with Gasteiger partial charge in [0.05, 0.1) is 6.10 Å². The van der Waals surface area contributed by atoms with Gasteiger partial charge in [-0.25, -0.2) is 0 Å². The molecule has 1 unspecified atom stereocenters. The first-order valence-corrected chi connectivity index (χ1v) is 5.90. The van der Waals surface area contributed by atoms with Crippen LogP contribution in [0.5, 0.6) is 0 Å². The van der Waals surface area contributed by atoms with Gasteiger partial charge >= 0.3 is 0 Å². The van der Waals surface area contributed by atoms with Gasteiger partial charge in [0.2, 0.25) is 0 Å². The minimum absolute atomic E-state index is 0.344. The van der Waals surface area contributed by atoms with Crippen molar-refractivity contribution in [2.45, 2.75) is 45.6 Å². The maximum Gasteiger partial charge on any atom is 0.0762 e. The zero-order chi connectivity index (χ0) is 11.0. The Hall–Kier alpha value is -0.820. The van der Waals surface area contributed by atoms with Gasteiger partial charge in [-0.3, -0.25) is 0 Å². The van der Waals surface area contributed by atoms with Gasteiger partial charge in [0, 0.05) is 0 Å². The van der Waals surface area contributed by atoms with Crippen LogP contribution < -0.4 is 0 Å². The number of aliphatic hydroxyl groups is 1. The molecule has 1 aliphatic rings. The minimum Gasteiger partial charge on any atom is -0.389 e. The van der Waals surface area contributed by atoms with Crippen molar-refractivity contribution in [3.8, 4) is 0 Å². The van der Waals surface area contributed by atoms with Gasteiger partial charge in [0.25, 0.3) is 0 Å². The van der Waals surface area contributed by atoms with Crippen molar-refractivity contribution in [3.05, 3.63) is 34.9 Å². The topological polar surface area (TPSA) is 20.2 Å². The molecule has 0 spiro atoms. The SMILES string of the molecule is CC(O)c1ccc2c(c1)[C@H](C(C)C)CC2. The molecule has 0 saturated heterocycles. The molecule has 0 fully saturated rings. The Bertz CT molecular complexity index is 352. The third-order valence-corrected chi connectivity index (χ3v) is 3.58. The van der Waals surface area contributed by atoms with Crippen LogP contribution in [0.15, 0.2) is 18.2 Å². The molecule has 0 radical (unpaired) electrons. The monoisotopic (exact) mass is 204 g/mol. The number of benzene rings is 1. The zero-order valence-electron chi connectivity index (χ0n) is 9.83. The molecule has 0 amide bonds. The summed E-state index contributed by atoms with van der Waals surface area (Å²) < 4.78 is 0. The highest BCUT2D eigenvalue weighted by atomic mass is 16.3. The lowest BCUT2D eigenvalue weighted by atomic mass is 9.89. The van der Waals surface area contributed by atoms with Gasteiger partial charge < -0.3 is 5.11 Å². The average Bonchev–Trinajstić information content (AvgIpc) is 2.59. The second kappa shape index (κ2) is 3.97. The molecule has 1 nitrogen and oxygen atoms in total. The third kappa shape index (κ3) is 1.93. The molecule has 0 heterocycles. The summed E-state index contributed by atoms with van der Waals surface area (Å²) >= 11 is 0. The fourth-order valence-electron chi connectivity index (χ4n) is 2.61. The molecule has 15 heavy (non-hydrogen) atoms. The van der Waals surface area contributed by atoms with E-state index in [4.69, 9.17) is 0 Å². The van der Waals surface area contributed by atoms with Gasteiger partial charge in [-0.2, -0.15) is 0 Å². The van der Waals surface area contributed by atoms with E-state index in [-0.39, 0.29) is 6.10 Å². The lowest BCUT2D eigenvalue weighted by Crippen LogP contribution is -2.03. The quantitative estimate of drug-likeness (QED) is 0.782. The normalized spacial score (nSPS) is 21.8. The number of rotatable bonds is 2. The van der Waals surface area contributed by atoms with Crippen LogP contribution in [-0.2, 0) is 6.42 Å². The maximum atomic E-state index is 9.58. The largest absolute Gasteiger partial charge is 0.389 e. The van der Waals surface area contributed by atoms with E-state index in [0.717, 1.165) is 5.56 Å². The first kappa shape index (κ1) is 10.7. The van der Waals surface area contributed by atoms with Gasteiger partial charge in [0.1, 0.15) is 0 Å². The van der Waals surface area contributed by atoms with Gasteiger partial charge in [0.15, 0.2) is 0 Å². The summed E-state index contributed by atoms with van der Waals surface area (Å²) in [5.41, 5.74) is 4.02. The number of hydrogen-bond donors (Lipinski definition) is 1. The summed E-state index contributed by atoms with van der Waals surface area (Å²) in [7, 11) is 0. The predicted octanol–water partition coefficient (Wildman–Crippen LogP) is 3.43. The minimum atomic E-state index is -0.344. The van der Waals surface area contributed by atoms with E-state index in [2.05, 4.69) is 32.0 Å². The molecule has 2 rings (SSSR count). The Kier molecular flexibility index (Phi) is 2.83. The van der Waals surface area contributed by atoms with Crippen molar-refractivity contribution in [3.63, 3.8) is 0 Å². The van der Waals surface area contributed by atoms with Gasteiger partial charge in [-0.1, -0.05) is 32.0 Å².